The molecule has 3 rings (SSSR count). The molecule has 0 bridgehead atoms. The van der Waals surface area contributed by atoms with Crippen LogP contribution in [0.15, 0.2) is 23.1 Å². The van der Waals surface area contributed by atoms with Crippen LogP contribution in [0.3, 0.4) is 0 Å². The molecule has 0 spiro atoms. The van der Waals surface area contributed by atoms with Crippen LogP contribution in [0.2, 0.25) is 0 Å². The predicted octanol–water partition coefficient (Wildman–Crippen LogP) is 2.04. The van der Waals surface area contributed by atoms with Crippen LogP contribution < -0.4 is 10.6 Å². The number of nitrogens with one attached hydrogen (secondary N) is 2. The average Bonchev–Trinajstić information content (AvgIpc) is 2.63. The van der Waals surface area contributed by atoms with Gasteiger partial charge in [-0.1, -0.05) is 12.5 Å². The number of aryl methyl sites for hydroxylation is 1. The van der Waals surface area contributed by atoms with E-state index in [1.807, 2.05) is 13.8 Å². The molecule has 0 aromatic heterocycles. The van der Waals surface area contributed by atoms with Crippen LogP contribution in [0, 0.1) is 6.92 Å². The third kappa shape index (κ3) is 4.10. The maximum atomic E-state index is 13.1. The Morgan fingerprint density at radius 3 is 2.62 bits per heavy atom. The molecule has 6 nitrogen and oxygen atoms in total. The molecule has 1 aromatic rings. The number of carbonyl (C=O) groups is 1. The first-order chi connectivity index (χ1) is 12.4. The molecule has 2 aliphatic heterocycles. The molecule has 1 unspecified atom stereocenters. The highest BCUT2D eigenvalue weighted by Gasteiger charge is 2.31. The molecule has 0 aliphatic carbocycles. The summed E-state index contributed by atoms with van der Waals surface area (Å²) in [7, 11) is -3.57. The van der Waals surface area contributed by atoms with Crippen molar-refractivity contribution in [1.29, 1.82) is 0 Å². The highest BCUT2D eigenvalue weighted by molar-refractivity contribution is 7.89. The maximum absolute atomic E-state index is 13.1. The highest BCUT2D eigenvalue weighted by Crippen LogP contribution is 2.26. The summed E-state index contributed by atoms with van der Waals surface area (Å²) in [6, 6.07) is 5.04. The van der Waals surface area contributed by atoms with Gasteiger partial charge in [-0.25, -0.2) is 8.42 Å². The van der Waals surface area contributed by atoms with Crippen LogP contribution in [-0.2, 0) is 10.0 Å². The summed E-state index contributed by atoms with van der Waals surface area (Å²) in [5.74, 6) is -0.182. The fourth-order valence-electron chi connectivity index (χ4n) is 3.80. The van der Waals surface area contributed by atoms with E-state index in [0.29, 0.717) is 12.1 Å². The zero-order valence-corrected chi connectivity index (χ0v) is 16.4. The van der Waals surface area contributed by atoms with Gasteiger partial charge in [-0.2, -0.15) is 4.31 Å². The molecule has 2 saturated heterocycles. The molecule has 2 N–H and O–H groups in total. The molecule has 7 heteroatoms. The topological polar surface area (TPSA) is 78.5 Å². The molecule has 0 saturated carbocycles. The minimum absolute atomic E-state index is 0.00192. The van der Waals surface area contributed by atoms with Gasteiger partial charge >= 0.3 is 0 Å². The van der Waals surface area contributed by atoms with Crippen molar-refractivity contribution >= 4 is 15.9 Å². The van der Waals surface area contributed by atoms with Crippen molar-refractivity contribution in [2.75, 3.05) is 19.6 Å². The van der Waals surface area contributed by atoms with Crippen LogP contribution >= 0.6 is 0 Å². The fourth-order valence-corrected chi connectivity index (χ4v) is 5.53. The lowest BCUT2D eigenvalue weighted by atomic mass is 10.0. The second-order valence-corrected chi connectivity index (χ2v) is 9.33. The van der Waals surface area contributed by atoms with Crippen LogP contribution in [0.25, 0.3) is 0 Å². The minimum atomic E-state index is -3.57. The van der Waals surface area contributed by atoms with Crippen LogP contribution in [0.4, 0.5) is 0 Å². The van der Waals surface area contributed by atoms with Crippen molar-refractivity contribution in [3.63, 3.8) is 0 Å². The highest BCUT2D eigenvalue weighted by atomic mass is 32.2. The van der Waals surface area contributed by atoms with Crippen molar-refractivity contribution in [3.8, 4) is 0 Å². The maximum Gasteiger partial charge on any atom is 0.251 e. The summed E-state index contributed by atoms with van der Waals surface area (Å²) in [5.41, 5.74) is 1.25. The molecule has 2 heterocycles. The van der Waals surface area contributed by atoms with E-state index in [1.54, 1.807) is 22.5 Å². The molecule has 2 aliphatic rings. The van der Waals surface area contributed by atoms with Crippen LogP contribution in [-0.4, -0.2) is 50.3 Å². The van der Waals surface area contributed by atoms with E-state index in [2.05, 4.69) is 10.6 Å². The Bertz CT molecular complexity index is 757. The van der Waals surface area contributed by atoms with E-state index in [-0.39, 0.29) is 22.9 Å². The van der Waals surface area contributed by atoms with Crippen molar-refractivity contribution in [2.24, 2.45) is 0 Å². The normalized spacial score (nSPS) is 22.9. The van der Waals surface area contributed by atoms with Gasteiger partial charge in [0, 0.05) is 24.2 Å². The Morgan fingerprint density at radius 1 is 1.19 bits per heavy atom. The zero-order valence-electron chi connectivity index (χ0n) is 15.6. The average molecular weight is 380 g/mol. The summed E-state index contributed by atoms with van der Waals surface area (Å²) in [6.45, 7) is 6.14. The van der Waals surface area contributed by atoms with Gasteiger partial charge in [0.25, 0.3) is 5.91 Å². The summed E-state index contributed by atoms with van der Waals surface area (Å²) < 4.78 is 27.7. The van der Waals surface area contributed by atoms with Gasteiger partial charge in [0.15, 0.2) is 0 Å². The number of amides is 1. The number of hydrogen-bond acceptors (Lipinski definition) is 4. The third-order valence-corrected chi connectivity index (χ3v) is 7.49. The van der Waals surface area contributed by atoms with Crippen molar-refractivity contribution in [3.05, 3.63) is 29.3 Å². The van der Waals surface area contributed by atoms with Crippen LogP contribution in [0.5, 0.6) is 0 Å². The summed E-state index contributed by atoms with van der Waals surface area (Å²) in [5, 5.41) is 6.33. The van der Waals surface area contributed by atoms with Crippen molar-refractivity contribution in [2.45, 2.75) is 62.9 Å². The molecule has 26 heavy (non-hydrogen) atoms. The summed E-state index contributed by atoms with van der Waals surface area (Å²) in [6.07, 6.45) is 4.62. The van der Waals surface area contributed by atoms with Gasteiger partial charge < -0.3 is 10.6 Å². The van der Waals surface area contributed by atoms with E-state index in [1.165, 1.54) is 0 Å². The van der Waals surface area contributed by atoms with Crippen LogP contribution in [0.1, 0.15) is 54.9 Å². The standard InChI is InChI=1S/C19H29N3O3S/c1-14-6-7-17(26(24,25)22-12-4-3-5-15(22)2)13-18(14)19(23)21-16-8-10-20-11-9-16/h6-7,13,15-16,20H,3-5,8-12H2,1-2H3,(H,21,23). The number of rotatable bonds is 4. The summed E-state index contributed by atoms with van der Waals surface area (Å²) in [4.78, 5) is 12.9. The monoisotopic (exact) mass is 379 g/mol. The lowest BCUT2D eigenvalue weighted by Gasteiger charge is -2.32. The molecular weight excluding hydrogens is 350 g/mol. The molecule has 0 radical (unpaired) electrons. The van der Waals surface area contributed by atoms with Crippen molar-refractivity contribution in [1.82, 2.24) is 14.9 Å². The predicted molar refractivity (Wildman–Crippen MR) is 102 cm³/mol. The first kappa shape index (κ1) is 19.3. The minimum Gasteiger partial charge on any atom is -0.349 e. The number of hydrogen-bond donors (Lipinski definition) is 2. The van der Waals surface area contributed by atoms with Gasteiger partial charge in [-0.05, 0) is 70.3 Å². The van der Waals surface area contributed by atoms with Gasteiger partial charge in [0.1, 0.15) is 0 Å². The second-order valence-electron chi connectivity index (χ2n) is 7.44. The third-order valence-electron chi connectivity index (χ3n) is 5.48. The molecule has 1 atom stereocenters. The first-order valence-electron chi connectivity index (χ1n) is 9.53. The van der Waals surface area contributed by atoms with Gasteiger partial charge in [0.2, 0.25) is 10.0 Å². The van der Waals surface area contributed by atoms with Crippen molar-refractivity contribution < 1.29 is 13.2 Å². The Labute approximate surface area is 156 Å². The molecule has 1 aromatic carbocycles. The van der Waals surface area contributed by atoms with E-state index >= 15 is 0 Å². The number of benzene rings is 1. The molecule has 2 fully saturated rings. The Kier molecular flexibility index (Phi) is 5.99. The smallest absolute Gasteiger partial charge is 0.251 e. The zero-order chi connectivity index (χ0) is 18.7. The van der Waals surface area contributed by atoms with Gasteiger partial charge in [0.05, 0.1) is 4.90 Å². The first-order valence-corrected chi connectivity index (χ1v) is 11.0. The Hall–Kier alpha value is -1.44. The van der Waals surface area contributed by atoms with Gasteiger partial charge in [-0.3, -0.25) is 4.79 Å². The lowest BCUT2D eigenvalue weighted by molar-refractivity contribution is 0.0928. The second kappa shape index (κ2) is 8.06. The van der Waals surface area contributed by atoms with E-state index in [9.17, 15) is 13.2 Å². The van der Waals surface area contributed by atoms with Gasteiger partial charge in [-0.15, -0.1) is 0 Å². The van der Waals surface area contributed by atoms with E-state index in [4.69, 9.17) is 0 Å². The lowest BCUT2D eigenvalue weighted by Crippen LogP contribution is -2.43. The van der Waals surface area contributed by atoms with E-state index < -0.39 is 10.0 Å². The quantitative estimate of drug-likeness (QED) is 0.839. The molecular formula is C19H29N3O3S. The van der Waals surface area contributed by atoms with E-state index in [0.717, 1.165) is 50.8 Å². The number of piperidine rings is 2. The SMILES string of the molecule is Cc1ccc(S(=O)(=O)N2CCCCC2C)cc1C(=O)NC1CCNCC1. The fraction of sp³-hybridized carbons (Fsp3) is 0.632. The Morgan fingerprint density at radius 2 is 1.92 bits per heavy atom. The number of carbonyl (C=O) groups excluding carboxylic acids is 1. The summed E-state index contributed by atoms with van der Waals surface area (Å²) >= 11 is 0. The largest absolute Gasteiger partial charge is 0.349 e. The number of nitrogens with zero attached hydrogens (tertiary/aromatic N) is 1. The number of sulfonamides is 1. The molecule has 144 valence electrons. The molecule has 1 amide bonds. The Balaban J connectivity index is 1.83.